The minimum Gasteiger partial charge on any atom is -0.493 e. The SMILES string of the molecule is CCOc1cc([N+](=O)[O-])c(C(=O)Nc2ccc(Oc3ccc(C)cc3OC)nc2)cc1OC. The summed E-state index contributed by atoms with van der Waals surface area (Å²) in [6, 6.07) is 11.0. The van der Waals surface area contributed by atoms with Crippen molar-refractivity contribution >= 4 is 17.3 Å². The maximum Gasteiger partial charge on any atom is 0.286 e. The average molecular weight is 453 g/mol. The Bertz CT molecular complexity index is 1160. The van der Waals surface area contributed by atoms with Gasteiger partial charge in [0.15, 0.2) is 23.0 Å². The molecule has 0 saturated carbocycles. The van der Waals surface area contributed by atoms with Crippen LogP contribution in [0.5, 0.6) is 28.9 Å². The number of nitrogens with zero attached hydrogens (tertiary/aromatic N) is 2. The van der Waals surface area contributed by atoms with Crippen LogP contribution in [0.1, 0.15) is 22.8 Å². The zero-order valence-electron chi connectivity index (χ0n) is 18.6. The number of benzene rings is 2. The first-order valence-corrected chi connectivity index (χ1v) is 9.95. The molecule has 1 amide bonds. The predicted molar refractivity (Wildman–Crippen MR) is 121 cm³/mol. The maximum absolute atomic E-state index is 12.8. The Morgan fingerprint density at radius 1 is 1.03 bits per heavy atom. The van der Waals surface area contributed by atoms with Gasteiger partial charge in [0.05, 0.1) is 43.7 Å². The number of amides is 1. The molecule has 0 radical (unpaired) electrons. The maximum atomic E-state index is 12.8. The Labute approximate surface area is 190 Å². The van der Waals surface area contributed by atoms with Gasteiger partial charge in [-0.15, -0.1) is 0 Å². The second-order valence-electron chi connectivity index (χ2n) is 6.81. The highest BCUT2D eigenvalue weighted by atomic mass is 16.6. The highest BCUT2D eigenvalue weighted by molar-refractivity contribution is 6.07. The fourth-order valence-electron chi connectivity index (χ4n) is 2.99. The van der Waals surface area contributed by atoms with Crippen LogP contribution >= 0.6 is 0 Å². The molecule has 0 fully saturated rings. The molecule has 1 heterocycles. The van der Waals surface area contributed by atoms with Gasteiger partial charge < -0.3 is 24.3 Å². The molecule has 0 atom stereocenters. The van der Waals surface area contributed by atoms with Crippen LogP contribution in [0.3, 0.4) is 0 Å². The second kappa shape index (κ2) is 10.3. The first-order chi connectivity index (χ1) is 15.9. The lowest BCUT2D eigenvalue weighted by atomic mass is 10.1. The Balaban J connectivity index is 1.80. The highest BCUT2D eigenvalue weighted by Crippen LogP contribution is 2.35. The van der Waals surface area contributed by atoms with E-state index in [-0.39, 0.29) is 29.5 Å². The number of ether oxygens (including phenoxy) is 4. The zero-order chi connectivity index (χ0) is 24.0. The minimum atomic E-state index is -0.696. The number of hydrogen-bond donors (Lipinski definition) is 1. The fourth-order valence-corrected chi connectivity index (χ4v) is 2.99. The fraction of sp³-hybridized carbons (Fsp3) is 0.217. The molecule has 172 valence electrons. The van der Waals surface area contributed by atoms with E-state index in [4.69, 9.17) is 18.9 Å². The number of nitro groups is 1. The first-order valence-electron chi connectivity index (χ1n) is 9.95. The van der Waals surface area contributed by atoms with E-state index in [1.54, 1.807) is 32.2 Å². The molecule has 0 saturated heterocycles. The van der Waals surface area contributed by atoms with Crippen molar-refractivity contribution in [2.24, 2.45) is 0 Å². The van der Waals surface area contributed by atoms with Gasteiger partial charge in [0.25, 0.3) is 11.6 Å². The molecule has 0 unspecified atom stereocenters. The number of carbonyl (C=O) groups is 1. The second-order valence-corrected chi connectivity index (χ2v) is 6.81. The third kappa shape index (κ3) is 5.48. The third-order valence-electron chi connectivity index (χ3n) is 4.55. The summed E-state index contributed by atoms with van der Waals surface area (Å²) in [4.78, 5) is 27.8. The molecule has 10 nitrogen and oxygen atoms in total. The van der Waals surface area contributed by atoms with Crippen LogP contribution in [0.25, 0.3) is 0 Å². The summed E-state index contributed by atoms with van der Waals surface area (Å²) in [6.45, 7) is 3.96. The standard InChI is InChI=1S/C23H23N3O7/c1-5-32-21-12-17(26(28)29)16(11-20(21)31-4)23(27)25-15-7-9-22(24-13-15)33-18-8-6-14(2)10-19(18)30-3/h6-13H,5H2,1-4H3,(H,25,27). The summed E-state index contributed by atoms with van der Waals surface area (Å²) in [7, 11) is 2.93. The molecular formula is C23H23N3O7. The van der Waals surface area contributed by atoms with Crippen molar-refractivity contribution in [3.8, 4) is 28.9 Å². The molecule has 0 spiro atoms. The number of rotatable bonds is 9. The molecule has 1 N–H and O–H groups in total. The average Bonchev–Trinajstić information content (AvgIpc) is 2.81. The number of pyridine rings is 1. The van der Waals surface area contributed by atoms with Crippen LogP contribution in [0.2, 0.25) is 0 Å². The molecular weight excluding hydrogens is 430 g/mol. The lowest BCUT2D eigenvalue weighted by Gasteiger charge is -2.12. The number of aromatic nitrogens is 1. The number of aryl methyl sites for hydroxylation is 1. The van der Waals surface area contributed by atoms with E-state index >= 15 is 0 Å². The summed E-state index contributed by atoms with van der Waals surface area (Å²) < 4.78 is 21.6. The summed E-state index contributed by atoms with van der Waals surface area (Å²) in [5.74, 6) is 1.03. The molecule has 0 bridgehead atoms. The molecule has 0 aliphatic rings. The highest BCUT2D eigenvalue weighted by Gasteiger charge is 2.25. The van der Waals surface area contributed by atoms with E-state index in [1.807, 2.05) is 19.1 Å². The van der Waals surface area contributed by atoms with Crippen molar-refractivity contribution in [1.82, 2.24) is 4.98 Å². The summed E-state index contributed by atoms with van der Waals surface area (Å²) in [5, 5.41) is 14.1. The Hall–Kier alpha value is -4.34. The number of carbonyl (C=O) groups excluding carboxylic acids is 1. The van der Waals surface area contributed by atoms with Crippen molar-refractivity contribution in [3.63, 3.8) is 0 Å². The molecule has 1 aromatic heterocycles. The molecule has 0 aliphatic heterocycles. The van der Waals surface area contributed by atoms with Crippen molar-refractivity contribution in [2.75, 3.05) is 26.1 Å². The molecule has 3 aromatic rings. The van der Waals surface area contributed by atoms with Gasteiger partial charge in [-0.2, -0.15) is 0 Å². The Morgan fingerprint density at radius 3 is 2.36 bits per heavy atom. The molecule has 3 rings (SSSR count). The van der Waals surface area contributed by atoms with Crippen LogP contribution in [-0.2, 0) is 0 Å². The van der Waals surface area contributed by atoms with Gasteiger partial charge in [0.2, 0.25) is 5.88 Å². The summed E-state index contributed by atoms with van der Waals surface area (Å²) in [6.07, 6.45) is 1.38. The predicted octanol–water partition coefficient (Wildman–Crippen LogP) is 4.76. The topological polar surface area (TPSA) is 122 Å². The lowest BCUT2D eigenvalue weighted by molar-refractivity contribution is -0.385. The quantitative estimate of drug-likeness (QED) is 0.363. The number of anilines is 1. The van der Waals surface area contributed by atoms with Gasteiger partial charge in [0, 0.05) is 12.1 Å². The van der Waals surface area contributed by atoms with Crippen LogP contribution in [0, 0.1) is 17.0 Å². The van der Waals surface area contributed by atoms with Gasteiger partial charge in [0.1, 0.15) is 5.56 Å². The van der Waals surface area contributed by atoms with E-state index in [0.29, 0.717) is 17.2 Å². The van der Waals surface area contributed by atoms with Gasteiger partial charge in [-0.05, 0) is 37.6 Å². The van der Waals surface area contributed by atoms with Gasteiger partial charge in [-0.3, -0.25) is 14.9 Å². The van der Waals surface area contributed by atoms with E-state index < -0.39 is 16.5 Å². The zero-order valence-corrected chi connectivity index (χ0v) is 18.6. The van der Waals surface area contributed by atoms with Crippen LogP contribution in [0.15, 0.2) is 48.7 Å². The molecule has 2 aromatic carbocycles. The van der Waals surface area contributed by atoms with Crippen molar-refractivity contribution in [1.29, 1.82) is 0 Å². The Morgan fingerprint density at radius 2 is 1.76 bits per heavy atom. The number of nitro benzene ring substituents is 1. The van der Waals surface area contributed by atoms with Crippen molar-refractivity contribution in [3.05, 3.63) is 69.9 Å². The van der Waals surface area contributed by atoms with Crippen LogP contribution < -0.4 is 24.3 Å². The van der Waals surface area contributed by atoms with E-state index in [9.17, 15) is 14.9 Å². The van der Waals surface area contributed by atoms with Gasteiger partial charge in [-0.25, -0.2) is 4.98 Å². The summed E-state index contributed by atoms with van der Waals surface area (Å²) >= 11 is 0. The minimum absolute atomic E-state index is 0.176. The molecule has 10 heteroatoms. The Kier molecular flexibility index (Phi) is 7.29. The monoisotopic (exact) mass is 453 g/mol. The van der Waals surface area contributed by atoms with Crippen molar-refractivity contribution < 1.29 is 28.7 Å². The molecule has 0 aliphatic carbocycles. The number of nitrogens with one attached hydrogen (secondary N) is 1. The number of methoxy groups -OCH3 is 2. The van der Waals surface area contributed by atoms with Crippen LogP contribution in [0.4, 0.5) is 11.4 Å². The first kappa shape index (κ1) is 23.3. The smallest absolute Gasteiger partial charge is 0.286 e. The van der Waals surface area contributed by atoms with E-state index in [2.05, 4.69) is 10.3 Å². The van der Waals surface area contributed by atoms with E-state index in [0.717, 1.165) is 5.56 Å². The van der Waals surface area contributed by atoms with Gasteiger partial charge in [-0.1, -0.05) is 6.07 Å². The van der Waals surface area contributed by atoms with Crippen LogP contribution in [-0.4, -0.2) is 36.6 Å². The largest absolute Gasteiger partial charge is 0.493 e. The third-order valence-corrected chi connectivity index (χ3v) is 4.55. The van der Waals surface area contributed by atoms with Crippen molar-refractivity contribution in [2.45, 2.75) is 13.8 Å². The molecule has 33 heavy (non-hydrogen) atoms. The summed E-state index contributed by atoms with van der Waals surface area (Å²) in [5.41, 5.74) is 0.761. The normalized spacial score (nSPS) is 10.3. The number of hydrogen-bond acceptors (Lipinski definition) is 8. The lowest BCUT2D eigenvalue weighted by Crippen LogP contribution is -2.14. The van der Waals surface area contributed by atoms with E-state index in [1.165, 1.54) is 25.4 Å². The van der Waals surface area contributed by atoms with Gasteiger partial charge >= 0.3 is 0 Å².